The molecule has 1 aliphatic rings. The number of nitrogen functional groups attached to an aromatic ring is 1. The topological polar surface area (TPSA) is 120 Å². The van der Waals surface area contributed by atoms with E-state index >= 15 is 0 Å². The number of nitrogens with zero attached hydrogens (tertiary/aromatic N) is 1. The van der Waals surface area contributed by atoms with Crippen molar-refractivity contribution in [3.63, 3.8) is 0 Å². The van der Waals surface area contributed by atoms with Gasteiger partial charge in [-0.05, 0) is 24.1 Å². The van der Waals surface area contributed by atoms with Crippen LogP contribution in [0.4, 0.5) is 10.7 Å². The van der Waals surface area contributed by atoms with Gasteiger partial charge in [0, 0.05) is 23.9 Å². The largest absolute Gasteiger partial charge is 0.463 e. The molecule has 0 radical (unpaired) electrons. The van der Waals surface area contributed by atoms with Crippen LogP contribution in [0.25, 0.3) is 5.70 Å². The molecular weight excluding hydrogens is 400 g/mol. The van der Waals surface area contributed by atoms with Crippen molar-refractivity contribution in [3.8, 4) is 0 Å². The first-order valence-electron chi connectivity index (χ1n) is 9.38. The fourth-order valence-electron chi connectivity index (χ4n) is 3.63. The molecule has 1 aromatic carbocycles. The first-order chi connectivity index (χ1) is 14.5. The Morgan fingerprint density at radius 1 is 1.20 bits per heavy atom. The summed E-state index contributed by atoms with van der Waals surface area (Å²) in [6, 6.07) is 13.1. The van der Waals surface area contributed by atoms with Gasteiger partial charge in [-0.3, -0.25) is 9.78 Å². The number of nitrogens with two attached hydrogens (primary N) is 2. The van der Waals surface area contributed by atoms with Gasteiger partial charge in [0.2, 0.25) is 0 Å². The van der Waals surface area contributed by atoms with Crippen molar-refractivity contribution in [3.05, 3.63) is 82.0 Å². The number of fused-ring (bicyclic) bond motifs is 1. The number of esters is 1. The van der Waals surface area contributed by atoms with Gasteiger partial charge in [-0.25, -0.2) is 4.79 Å². The van der Waals surface area contributed by atoms with Gasteiger partial charge >= 0.3 is 5.97 Å². The minimum absolute atomic E-state index is 0.225. The van der Waals surface area contributed by atoms with Crippen molar-refractivity contribution in [2.45, 2.75) is 12.8 Å². The molecule has 8 heteroatoms. The third-order valence-electron chi connectivity index (χ3n) is 4.87. The van der Waals surface area contributed by atoms with E-state index in [2.05, 4.69) is 10.3 Å². The zero-order valence-electron chi connectivity index (χ0n) is 16.2. The van der Waals surface area contributed by atoms with E-state index in [1.165, 1.54) is 11.3 Å². The van der Waals surface area contributed by atoms with Crippen LogP contribution < -0.4 is 16.8 Å². The molecule has 0 fully saturated rings. The van der Waals surface area contributed by atoms with Crippen LogP contribution in [0.5, 0.6) is 0 Å². The zero-order chi connectivity index (χ0) is 21.3. The molecule has 0 saturated heterocycles. The SMILES string of the molecule is CCOC(=O)C1=C(c2ccccc2)Nc2sc(C(N)=O)c(N)c2C1c1cccnc1. The number of carbonyl (C=O) groups is 2. The molecule has 0 saturated carbocycles. The van der Waals surface area contributed by atoms with Crippen molar-refractivity contribution in [2.24, 2.45) is 5.73 Å². The molecule has 3 aromatic rings. The second-order valence-corrected chi connectivity index (χ2v) is 7.69. The van der Waals surface area contributed by atoms with E-state index in [0.29, 0.717) is 21.8 Å². The Labute approximate surface area is 177 Å². The van der Waals surface area contributed by atoms with Crippen molar-refractivity contribution in [1.82, 2.24) is 4.98 Å². The van der Waals surface area contributed by atoms with Crippen LogP contribution in [0.15, 0.2) is 60.4 Å². The Morgan fingerprint density at radius 3 is 2.60 bits per heavy atom. The molecule has 1 unspecified atom stereocenters. The van der Waals surface area contributed by atoms with Crippen LogP contribution in [0.1, 0.15) is 39.2 Å². The highest BCUT2D eigenvalue weighted by Crippen LogP contribution is 2.51. The summed E-state index contributed by atoms with van der Waals surface area (Å²) in [5.41, 5.74) is 15.4. The molecule has 152 valence electrons. The summed E-state index contributed by atoms with van der Waals surface area (Å²) in [6.45, 7) is 1.98. The van der Waals surface area contributed by atoms with Crippen LogP contribution >= 0.6 is 11.3 Å². The maximum absolute atomic E-state index is 13.2. The molecule has 2 aromatic heterocycles. The Balaban J connectivity index is 2.03. The maximum Gasteiger partial charge on any atom is 0.337 e. The molecule has 1 atom stereocenters. The van der Waals surface area contributed by atoms with E-state index in [1.807, 2.05) is 36.4 Å². The molecule has 0 spiro atoms. The predicted molar refractivity (Wildman–Crippen MR) is 117 cm³/mol. The van der Waals surface area contributed by atoms with Gasteiger partial charge in [0.15, 0.2) is 0 Å². The van der Waals surface area contributed by atoms with Gasteiger partial charge in [-0.2, -0.15) is 0 Å². The number of thiophene rings is 1. The van der Waals surface area contributed by atoms with E-state index in [0.717, 1.165) is 11.1 Å². The van der Waals surface area contributed by atoms with Gasteiger partial charge in [-0.1, -0.05) is 36.4 Å². The lowest BCUT2D eigenvalue weighted by molar-refractivity contribution is -0.138. The number of ether oxygens (including phenoxy) is 1. The number of nitrogens with one attached hydrogen (secondary N) is 1. The zero-order valence-corrected chi connectivity index (χ0v) is 17.0. The van der Waals surface area contributed by atoms with Gasteiger partial charge in [-0.15, -0.1) is 11.3 Å². The average Bonchev–Trinajstić information content (AvgIpc) is 3.10. The quantitative estimate of drug-likeness (QED) is 0.545. The minimum Gasteiger partial charge on any atom is -0.463 e. The number of anilines is 2. The van der Waals surface area contributed by atoms with Crippen molar-refractivity contribution in [2.75, 3.05) is 17.7 Å². The van der Waals surface area contributed by atoms with Crippen LogP contribution in [0.2, 0.25) is 0 Å². The monoisotopic (exact) mass is 420 g/mol. The maximum atomic E-state index is 13.2. The number of amides is 1. The number of aromatic nitrogens is 1. The van der Waals surface area contributed by atoms with E-state index in [9.17, 15) is 9.59 Å². The lowest BCUT2D eigenvalue weighted by Crippen LogP contribution is -2.24. The normalized spacial score (nSPS) is 15.3. The smallest absolute Gasteiger partial charge is 0.337 e. The molecule has 1 amide bonds. The van der Waals surface area contributed by atoms with Crippen molar-refractivity contribution < 1.29 is 14.3 Å². The molecule has 7 nitrogen and oxygen atoms in total. The highest BCUT2D eigenvalue weighted by Gasteiger charge is 2.39. The summed E-state index contributed by atoms with van der Waals surface area (Å²) < 4.78 is 5.41. The summed E-state index contributed by atoms with van der Waals surface area (Å²) >= 11 is 1.18. The number of hydrogen-bond donors (Lipinski definition) is 3. The van der Waals surface area contributed by atoms with Crippen LogP contribution in [0, 0.1) is 0 Å². The van der Waals surface area contributed by atoms with Gasteiger partial charge in [0.05, 0.1) is 28.6 Å². The van der Waals surface area contributed by atoms with Crippen molar-refractivity contribution in [1.29, 1.82) is 0 Å². The highest BCUT2D eigenvalue weighted by molar-refractivity contribution is 7.19. The first-order valence-corrected chi connectivity index (χ1v) is 10.2. The molecule has 4 rings (SSSR count). The van der Waals surface area contributed by atoms with E-state index in [-0.39, 0.29) is 17.2 Å². The second-order valence-electron chi connectivity index (χ2n) is 6.67. The molecule has 5 N–H and O–H groups in total. The van der Waals surface area contributed by atoms with Gasteiger partial charge < -0.3 is 21.5 Å². The molecule has 1 aliphatic heterocycles. The lowest BCUT2D eigenvalue weighted by Gasteiger charge is -2.29. The number of hydrogen-bond acceptors (Lipinski definition) is 7. The Bertz CT molecular complexity index is 1140. The summed E-state index contributed by atoms with van der Waals surface area (Å²) in [6.07, 6.45) is 3.34. The molecule has 3 heterocycles. The Morgan fingerprint density at radius 2 is 1.97 bits per heavy atom. The van der Waals surface area contributed by atoms with E-state index in [1.54, 1.807) is 25.4 Å². The summed E-state index contributed by atoms with van der Waals surface area (Å²) in [5, 5.41) is 3.98. The summed E-state index contributed by atoms with van der Waals surface area (Å²) in [5.74, 6) is -1.64. The van der Waals surface area contributed by atoms with Gasteiger partial charge in [0.25, 0.3) is 5.91 Å². The van der Waals surface area contributed by atoms with Crippen molar-refractivity contribution >= 4 is 39.6 Å². The molecule has 0 aliphatic carbocycles. The second kappa shape index (κ2) is 8.00. The number of benzene rings is 1. The van der Waals surface area contributed by atoms with Gasteiger partial charge in [0.1, 0.15) is 4.88 Å². The highest BCUT2D eigenvalue weighted by atomic mass is 32.1. The molecule has 0 bridgehead atoms. The number of carbonyl (C=O) groups excluding carboxylic acids is 2. The van der Waals surface area contributed by atoms with E-state index in [4.69, 9.17) is 16.2 Å². The predicted octanol–water partition coefficient (Wildman–Crippen LogP) is 3.36. The lowest BCUT2D eigenvalue weighted by atomic mass is 9.81. The molecule has 30 heavy (non-hydrogen) atoms. The Kier molecular flexibility index (Phi) is 5.24. The first kappa shape index (κ1) is 19.7. The summed E-state index contributed by atoms with van der Waals surface area (Å²) in [4.78, 5) is 29.6. The fraction of sp³-hybridized carbons (Fsp3) is 0.136. The van der Waals surface area contributed by atoms with Crippen LogP contribution in [0.3, 0.4) is 0 Å². The fourth-order valence-corrected chi connectivity index (χ4v) is 4.65. The average molecular weight is 420 g/mol. The van der Waals surface area contributed by atoms with Crippen LogP contribution in [-0.4, -0.2) is 23.5 Å². The summed E-state index contributed by atoms with van der Waals surface area (Å²) in [7, 11) is 0. The number of primary amides is 1. The molecular formula is C22H20N4O3S. The number of pyridine rings is 1. The Hall–Kier alpha value is -3.65. The third-order valence-corrected chi connectivity index (χ3v) is 6.02. The number of rotatable bonds is 5. The van der Waals surface area contributed by atoms with E-state index < -0.39 is 17.8 Å². The minimum atomic E-state index is -0.613. The third kappa shape index (κ3) is 3.31. The standard InChI is InChI=1S/C22H20N4O3S/c1-2-29-22(28)16-14(13-9-6-10-25-11-13)15-17(23)19(20(24)27)30-21(15)26-18(16)12-7-4-3-5-8-12/h3-11,14,26H,2,23H2,1H3,(H2,24,27). The van der Waals surface area contributed by atoms with Crippen LogP contribution in [-0.2, 0) is 9.53 Å².